The molecule has 5 aromatic rings. The summed E-state index contributed by atoms with van der Waals surface area (Å²) in [6.45, 7) is 1.49. The Balaban J connectivity index is 1.46. The summed E-state index contributed by atoms with van der Waals surface area (Å²) in [4.78, 5) is 18.1. The topological polar surface area (TPSA) is 408 Å². The van der Waals surface area contributed by atoms with E-state index in [1.165, 1.54) is 6.92 Å². The maximum atomic E-state index is 13.0. The van der Waals surface area contributed by atoms with Gasteiger partial charge in [0.15, 0.2) is 17.5 Å². The number of nitrogens with zero attached hydrogens (tertiary/aromatic N) is 9. The number of carbonyl (C=O) groups excluding carboxylic acids is 1. The summed E-state index contributed by atoms with van der Waals surface area (Å²) in [5.74, 6) is -3.49. The third-order valence-corrected chi connectivity index (χ3v) is 11.9. The Labute approximate surface area is 347 Å². The molecule has 6 N–H and O–H groups in total. The average molecular weight is 934 g/mol. The summed E-state index contributed by atoms with van der Waals surface area (Å²) < 4.78 is 138. The van der Waals surface area contributed by atoms with Crippen LogP contribution in [0, 0.1) is 10.1 Å². The van der Waals surface area contributed by atoms with Gasteiger partial charge < -0.3 is 10.2 Å². The van der Waals surface area contributed by atoms with Crippen molar-refractivity contribution < 1.29 is 71.8 Å². The van der Waals surface area contributed by atoms with E-state index in [1.807, 2.05) is 0 Å². The van der Waals surface area contributed by atoms with Gasteiger partial charge in [-0.1, -0.05) is 18.2 Å². The number of phenolic OH excluding ortho intramolecular Hbond substituents is 2. The van der Waals surface area contributed by atoms with Crippen molar-refractivity contribution in [2.45, 2.75) is 32.5 Å². The first kappa shape index (κ1) is 44.5. The largest absolute Gasteiger partial charge is 0.505 e. The van der Waals surface area contributed by atoms with Gasteiger partial charge >= 0.3 is 0 Å². The van der Waals surface area contributed by atoms with Gasteiger partial charge in [0.25, 0.3) is 52.1 Å². The van der Waals surface area contributed by atoms with Gasteiger partial charge in [0.2, 0.25) is 0 Å². The summed E-state index contributed by atoms with van der Waals surface area (Å²) in [5.41, 5.74) is -4.68. The fourth-order valence-electron chi connectivity index (χ4n) is 5.58. The van der Waals surface area contributed by atoms with E-state index < -0.39 is 128 Å². The minimum atomic E-state index is -5.50. The van der Waals surface area contributed by atoms with Gasteiger partial charge in [-0.3, -0.25) is 33.1 Å². The maximum absolute atomic E-state index is 13.0. The van der Waals surface area contributed by atoms with Crippen LogP contribution in [0.25, 0.3) is 10.8 Å². The van der Waals surface area contributed by atoms with Crippen LogP contribution in [0.5, 0.6) is 11.5 Å². The van der Waals surface area contributed by atoms with Gasteiger partial charge in [0.05, 0.1) is 27.4 Å². The molecule has 1 heterocycles. The van der Waals surface area contributed by atoms with Gasteiger partial charge in [0.1, 0.15) is 42.3 Å². The normalized spacial score (nSPS) is 15.4. The number of non-ortho nitro benzene ring substituents is 1. The second-order valence-electron chi connectivity index (χ2n) is 12.4. The molecule has 0 radical (unpaired) electrons. The lowest BCUT2D eigenvalue weighted by atomic mass is 10.1. The van der Waals surface area contributed by atoms with E-state index in [-0.39, 0.29) is 11.4 Å². The number of nitro benzene ring substituents is 1. The van der Waals surface area contributed by atoms with E-state index in [0.29, 0.717) is 36.0 Å². The van der Waals surface area contributed by atoms with Gasteiger partial charge in [0, 0.05) is 12.1 Å². The quantitative estimate of drug-likeness (QED) is 0.0369. The predicted molar refractivity (Wildman–Crippen MR) is 210 cm³/mol. The van der Waals surface area contributed by atoms with Gasteiger partial charge in [-0.25, -0.2) is 0 Å². The highest BCUT2D eigenvalue weighted by molar-refractivity contribution is 7.86. The molecule has 0 aliphatic carbocycles. The molecule has 26 nitrogen and oxygen atoms in total. The zero-order valence-corrected chi connectivity index (χ0v) is 33.7. The second kappa shape index (κ2) is 16.1. The molecule has 0 fully saturated rings. The molecule has 0 saturated heterocycles. The Bertz CT molecular complexity index is 3340. The fourth-order valence-corrected chi connectivity index (χ4v) is 8.18. The number of rotatable bonds is 12. The van der Waals surface area contributed by atoms with Crippen molar-refractivity contribution in [1.29, 1.82) is 0 Å². The first-order chi connectivity index (χ1) is 28.8. The molecule has 1 aliphatic heterocycles. The van der Waals surface area contributed by atoms with Crippen LogP contribution in [0.2, 0.25) is 0 Å². The number of fused-ring (bicyclic) bond motifs is 1. The lowest BCUT2D eigenvalue weighted by Crippen LogP contribution is -2.29. The first-order valence-corrected chi connectivity index (χ1v) is 22.1. The molecule has 322 valence electrons. The SMILES string of the molecule is CC1=NN(c2ccccc2)C(=O)C1/N=N/c1ccc(/N=N/c2c(S(=O)(=O)O)cc3cc(S(=O)(=O)O)c(/N=N/c4ccc([N+](=O)[O-])cc4S(=O)(=O)O)c(O)c3c2O)c(S(=O)(=O)O)c1. The van der Waals surface area contributed by atoms with E-state index in [9.17, 15) is 77.0 Å². The van der Waals surface area contributed by atoms with Crippen molar-refractivity contribution in [2.24, 2.45) is 35.8 Å². The minimum Gasteiger partial charge on any atom is -0.505 e. The van der Waals surface area contributed by atoms with Crippen LogP contribution in [-0.2, 0) is 45.3 Å². The Kier molecular flexibility index (Phi) is 11.5. The summed E-state index contributed by atoms with van der Waals surface area (Å²) >= 11 is 0. The predicted octanol–water partition coefficient (Wildman–Crippen LogP) is 5.85. The molecule has 1 aliphatic rings. The van der Waals surface area contributed by atoms with Crippen LogP contribution in [0.4, 0.5) is 39.8 Å². The van der Waals surface area contributed by atoms with Crippen molar-refractivity contribution in [3.8, 4) is 11.5 Å². The highest BCUT2D eigenvalue weighted by Gasteiger charge is 2.35. The van der Waals surface area contributed by atoms with Crippen LogP contribution in [0.15, 0.2) is 134 Å². The van der Waals surface area contributed by atoms with Gasteiger partial charge in [-0.2, -0.15) is 54.0 Å². The molecule has 1 atom stereocenters. The Morgan fingerprint density at radius 2 is 1.13 bits per heavy atom. The third kappa shape index (κ3) is 9.00. The maximum Gasteiger partial charge on any atom is 0.297 e. The Hall–Kier alpha value is -7.06. The van der Waals surface area contributed by atoms with Crippen molar-refractivity contribution >= 4 is 103 Å². The second-order valence-corrected chi connectivity index (χ2v) is 18.0. The van der Waals surface area contributed by atoms with Crippen LogP contribution >= 0.6 is 0 Å². The first-order valence-electron chi connectivity index (χ1n) is 16.3. The van der Waals surface area contributed by atoms with Crippen molar-refractivity contribution in [3.05, 3.63) is 89.0 Å². The number of phenols is 2. The molecule has 5 aromatic carbocycles. The molecule has 30 heteroatoms. The molecule has 0 saturated carbocycles. The summed E-state index contributed by atoms with van der Waals surface area (Å²) in [6.07, 6.45) is 0. The van der Waals surface area contributed by atoms with E-state index in [1.54, 1.807) is 30.3 Å². The summed E-state index contributed by atoms with van der Waals surface area (Å²) in [5, 5.41) is 58.9. The number of hydrazone groups is 1. The average Bonchev–Trinajstić information content (AvgIpc) is 3.46. The van der Waals surface area contributed by atoms with Gasteiger partial charge in [-0.15, -0.1) is 20.5 Å². The number of hydrogen-bond acceptors (Lipinski definition) is 20. The molecule has 0 spiro atoms. The monoisotopic (exact) mass is 933 g/mol. The van der Waals surface area contributed by atoms with E-state index in [4.69, 9.17) is 0 Å². The molecule has 1 amide bonds. The molecule has 1 unspecified atom stereocenters. The molecular weight excluding hydrogens is 911 g/mol. The smallest absolute Gasteiger partial charge is 0.297 e. The highest BCUT2D eigenvalue weighted by Crippen LogP contribution is 2.50. The minimum absolute atomic E-state index is 0.221. The Morgan fingerprint density at radius 1 is 0.645 bits per heavy atom. The van der Waals surface area contributed by atoms with Crippen LogP contribution in [0.3, 0.4) is 0 Å². The lowest BCUT2D eigenvalue weighted by Gasteiger charge is -2.13. The number of anilines is 1. The van der Waals surface area contributed by atoms with Crippen molar-refractivity contribution in [3.63, 3.8) is 0 Å². The van der Waals surface area contributed by atoms with Crippen LogP contribution in [-0.4, -0.2) is 84.7 Å². The molecule has 0 aromatic heterocycles. The van der Waals surface area contributed by atoms with E-state index in [2.05, 4.69) is 35.8 Å². The zero-order chi connectivity index (χ0) is 45.7. The zero-order valence-electron chi connectivity index (χ0n) is 30.4. The van der Waals surface area contributed by atoms with Crippen LogP contribution in [0.1, 0.15) is 6.92 Å². The van der Waals surface area contributed by atoms with Crippen LogP contribution < -0.4 is 5.01 Å². The molecule has 62 heavy (non-hydrogen) atoms. The lowest BCUT2D eigenvalue weighted by molar-refractivity contribution is -0.385. The Morgan fingerprint density at radius 3 is 1.61 bits per heavy atom. The fraction of sp³-hybridized carbons (Fsp3) is 0.0625. The number of amides is 1. The number of aromatic hydroxyl groups is 2. The summed E-state index contributed by atoms with van der Waals surface area (Å²) in [7, 11) is -21.5. The number of benzene rings is 5. The third-order valence-electron chi connectivity index (χ3n) is 8.36. The summed E-state index contributed by atoms with van der Waals surface area (Å²) in [6, 6.07) is 12.2. The number of nitro groups is 1. The van der Waals surface area contributed by atoms with E-state index in [0.717, 1.165) is 23.2 Å². The molecule has 6 rings (SSSR count). The number of hydrogen-bond donors (Lipinski definition) is 6. The standard InChI is InChI=1S/C32H23N9O17S4/c1-15-27(32(44)40(39-15)18-5-3-2-4-6-18)36-33-17-7-9-20(22(13-17)59(47,48)49)34-37-28-24(61(53,54)55)11-16-12-25(62(56,57)58)29(31(43)26(16)30(28)42)38-35-21-10-8-19(41(45)46)14-23(21)60(50,51)52/h2-14,27,42-43H,1H3,(H,47,48,49)(H,50,51,52)(H,53,54,55)(H,56,57,58)/b36-33+,37-34+,38-35+. The van der Waals surface area contributed by atoms with Crippen molar-refractivity contribution in [1.82, 2.24) is 0 Å². The number of carbonyl (C=O) groups is 1. The molecule has 0 bridgehead atoms. The number of para-hydroxylation sites is 1. The van der Waals surface area contributed by atoms with E-state index >= 15 is 0 Å². The number of azo groups is 3. The van der Waals surface area contributed by atoms with Gasteiger partial charge in [-0.05, 0) is 60.8 Å². The molecular formula is C32H23N9O17S4. The van der Waals surface area contributed by atoms with Crippen molar-refractivity contribution in [2.75, 3.05) is 5.01 Å². The highest BCUT2D eigenvalue weighted by atomic mass is 32.2.